The molecule has 0 unspecified atom stereocenters. The summed E-state index contributed by atoms with van der Waals surface area (Å²) in [6, 6.07) is 18.1. The second-order valence-electron chi connectivity index (χ2n) is 7.49. The molecular formula is C24H30Si. The predicted octanol–water partition coefficient (Wildman–Crippen LogP) is 5.42. The Bertz CT molecular complexity index is 761. The highest BCUT2D eigenvalue weighted by atomic mass is 28.2. The molecule has 0 heterocycles. The van der Waals surface area contributed by atoms with Crippen molar-refractivity contribution < 1.29 is 0 Å². The van der Waals surface area contributed by atoms with E-state index in [0.717, 1.165) is 0 Å². The minimum atomic E-state index is -0.402. The fraction of sp³-hybridized carbons (Fsp3) is 0.333. The third-order valence-corrected chi connectivity index (χ3v) is 6.93. The summed E-state index contributed by atoms with van der Waals surface area (Å²) in [7, 11) is -0.402. The van der Waals surface area contributed by atoms with Gasteiger partial charge >= 0.3 is 0 Å². The average molecular weight is 347 g/mol. The van der Waals surface area contributed by atoms with Crippen molar-refractivity contribution in [3.05, 3.63) is 82.1 Å². The van der Waals surface area contributed by atoms with E-state index >= 15 is 0 Å². The van der Waals surface area contributed by atoms with E-state index in [4.69, 9.17) is 0 Å². The number of rotatable bonds is 7. The second-order valence-corrected chi connectivity index (χ2v) is 9.52. The van der Waals surface area contributed by atoms with Crippen LogP contribution < -0.4 is 5.19 Å². The fourth-order valence-electron chi connectivity index (χ4n) is 3.97. The zero-order valence-electron chi connectivity index (χ0n) is 15.9. The maximum Gasteiger partial charge on any atom is 0.0836 e. The molecule has 0 aliphatic heterocycles. The maximum atomic E-state index is 2.51. The molecule has 0 bridgehead atoms. The number of unbranched alkanes of at least 4 members (excludes halogenated alkanes) is 2. The van der Waals surface area contributed by atoms with Crippen LogP contribution in [-0.4, -0.2) is 9.52 Å². The predicted molar refractivity (Wildman–Crippen MR) is 114 cm³/mol. The van der Waals surface area contributed by atoms with E-state index in [2.05, 4.69) is 75.4 Å². The Kier molecular flexibility index (Phi) is 6.09. The van der Waals surface area contributed by atoms with E-state index in [-0.39, 0.29) is 0 Å². The van der Waals surface area contributed by atoms with Gasteiger partial charge in [-0.3, -0.25) is 0 Å². The number of hydrogen-bond donors (Lipinski definition) is 0. The first-order chi connectivity index (χ1) is 12.2. The third-order valence-electron chi connectivity index (χ3n) is 5.06. The molecule has 130 valence electrons. The van der Waals surface area contributed by atoms with Crippen LogP contribution in [0.15, 0.2) is 65.4 Å². The van der Waals surface area contributed by atoms with Crippen LogP contribution in [0.1, 0.15) is 55.7 Å². The van der Waals surface area contributed by atoms with Crippen LogP contribution in [0.4, 0.5) is 0 Å². The quantitative estimate of drug-likeness (QED) is 0.464. The fourth-order valence-corrected chi connectivity index (χ4v) is 6.25. The molecule has 0 nitrogen and oxygen atoms in total. The lowest BCUT2D eigenvalue weighted by Gasteiger charge is -2.10. The van der Waals surface area contributed by atoms with Crippen LogP contribution >= 0.6 is 0 Å². The molecule has 0 atom stereocenters. The lowest BCUT2D eigenvalue weighted by Crippen LogP contribution is -2.17. The Hall–Kier alpha value is -1.86. The smallest absolute Gasteiger partial charge is 0.0710 e. The molecule has 2 aromatic carbocycles. The van der Waals surface area contributed by atoms with Crippen molar-refractivity contribution in [2.45, 2.75) is 52.9 Å². The van der Waals surface area contributed by atoms with Gasteiger partial charge in [-0.2, -0.15) is 0 Å². The molecule has 0 amide bonds. The highest BCUT2D eigenvalue weighted by Crippen LogP contribution is 2.34. The molecule has 3 rings (SSSR count). The molecule has 0 fully saturated rings. The first kappa shape index (κ1) is 17.9. The lowest BCUT2D eigenvalue weighted by atomic mass is 10.1. The first-order valence-electron chi connectivity index (χ1n) is 9.69. The van der Waals surface area contributed by atoms with Gasteiger partial charge in [0.25, 0.3) is 0 Å². The van der Waals surface area contributed by atoms with Crippen LogP contribution in [0.25, 0.3) is 5.57 Å². The van der Waals surface area contributed by atoms with E-state index in [9.17, 15) is 0 Å². The standard InChI is InChI=1S/C24H30Si/c1-4-5-7-10-20-16-23(21-11-8-6-9-12-21)24(17-20)25-22-14-18(2)13-19(3)15-22/h6,8-9,11-16H,4-5,7,10,17,25H2,1-3H3. The van der Waals surface area contributed by atoms with Crippen molar-refractivity contribution in [3.63, 3.8) is 0 Å². The number of aryl methyl sites for hydroxylation is 2. The van der Waals surface area contributed by atoms with Gasteiger partial charge in [-0.15, -0.1) is 0 Å². The summed E-state index contributed by atoms with van der Waals surface area (Å²) in [5, 5.41) is 3.31. The van der Waals surface area contributed by atoms with Crippen LogP contribution in [0.3, 0.4) is 0 Å². The van der Waals surface area contributed by atoms with Crippen molar-refractivity contribution in [1.82, 2.24) is 0 Å². The minimum Gasteiger partial charge on any atom is -0.0710 e. The second kappa shape index (κ2) is 8.49. The number of allylic oxidation sites excluding steroid dienone is 4. The highest BCUT2D eigenvalue weighted by Gasteiger charge is 2.17. The Labute approximate surface area is 155 Å². The summed E-state index contributed by atoms with van der Waals surface area (Å²) in [4.78, 5) is 0. The average Bonchev–Trinajstić information content (AvgIpc) is 2.97. The molecule has 0 N–H and O–H groups in total. The van der Waals surface area contributed by atoms with Gasteiger partial charge in [0.05, 0.1) is 9.52 Å². The molecule has 0 saturated carbocycles. The minimum absolute atomic E-state index is 0.402. The molecule has 0 aromatic heterocycles. The van der Waals surface area contributed by atoms with Crippen LogP contribution in [0, 0.1) is 13.8 Å². The zero-order chi connectivity index (χ0) is 17.6. The SMILES string of the molecule is CCCCCC1=CC(c2ccccc2)=C([SiH2]c2cc(C)cc(C)c2)C1. The van der Waals surface area contributed by atoms with Crippen LogP contribution in [0.2, 0.25) is 0 Å². The summed E-state index contributed by atoms with van der Waals surface area (Å²) in [6.07, 6.45) is 8.99. The topological polar surface area (TPSA) is 0 Å². The summed E-state index contributed by atoms with van der Waals surface area (Å²) in [5.74, 6) is 0. The van der Waals surface area contributed by atoms with Crippen LogP contribution in [0.5, 0.6) is 0 Å². The Morgan fingerprint density at radius 3 is 2.32 bits per heavy atom. The normalized spacial score (nSPS) is 14.6. The Balaban J connectivity index is 1.86. The summed E-state index contributed by atoms with van der Waals surface area (Å²) in [5.41, 5.74) is 7.38. The van der Waals surface area contributed by atoms with Crippen molar-refractivity contribution in [3.8, 4) is 0 Å². The highest BCUT2D eigenvalue weighted by molar-refractivity contribution is 6.62. The largest absolute Gasteiger partial charge is 0.0836 e. The van der Waals surface area contributed by atoms with E-state index in [1.807, 2.05) is 0 Å². The van der Waals surface area contributed by atoms with Gasteiger partial charge < -0.3 is 0 Å². The van der Waals surface area contributed by atoms with Crippen molar-refractivity contribution in [2.24, 2.45) is 0 Å². The lowest BCUT2D eigenvalue weighted by molar-refractivity contribution is 0.708. The Morgan fingerprint density at radius 2 is 1.64 bits per heavy atom. The first-order valence-corrected chi connectivity index (χ1v) is 11.1. The molecule has 0 spiro atoms. The van der Waals surface area contributed by atoms with E-state index in [1.165, 1.54) is 54.4 Å². The molecule has 0 saturated heterocycles. The Morgan fingerprint density at radius 1 is 0.920 bits per heavy atom. The number of benzene rings is 2. The van der Waals surface area contributed by atoms with Gasteiger partial charge in [-0.1, -0.05) is 101 Å². The van der Waals surface area contributed by atoms with Gasteiger partial charge in [0.1, 0.15) is 0 Å². The van der Waals surface area contributed by atoms with E-state index in [0.29, 0.717) is 0 Å². The van der Waals surface area contributed by atoms with Gasteiger partial charge in [0, 0.05) is 0 Å². The molecule has 1 aliphatic carbocycles. The number of hydrogen-bond acceptors (Lipinski definition) is 0. The van der Waals surface area contributed by atoms with Crippen molar-refractivity contribution in [1.29, 1.82) is 0 Å². The van der Waals surface area contributed by atoms with Gasteiger partial charge in [0.2, 0.25) is 0 Å². The summed E-state index contributed by atoms with van der Waals surface area (Å²) in [6.45, 7) is 6.73. The van der Waals surface area contributed by atoms with Crippen LogP contribution in [-0.2, 0) is 0 Å². The zero-order valence-corrected chi connectivity index (χ0v) is 17.4. The molecule has 25 heavy (non-hydrogen) atoms. The monoisotopic (exact) mass is 346 g/mol. The van der Waals surface area contributed by atoms with Gasteiger partial charge in [-0.25, -0.2) is 0 Å². The summed E-state index contributed by atoms with van der Waals surface area (Å²) >= 11 is 0. The van der Waals surface area contributed by atoms with Gasteiger partial charge in [-0.05, 0) is 44.2 Å². The summed E-state index contributed by atoms with van der Waals surface area (Å²) < 4.78 is 0. The molecule has 2 aromatic rings. The van der Waals surface area contributed by atoms with E-state index in [1.54, 1.807) is 16.0 Å². The molecule has 1 heteroatoms. The van der Waals surface area contributed by atoms with Gasteiger partial charge in [0.15, 0.2) is 0 Å². The molecule has 1 aliphatic rings. The molecule has 0 radical (unpaired) electrons. The van der Waals surface area contributed by atoms with Crippen molar-refractivity contribution in [2.75, 3.05) is 0 Å². The molecular weight excluding hydrogens is 316 g/mol. The van der Waals surface area contributed by atoms with Crippen molar-refractivity contribution >= 4 is 20.3 Å². The third kappa shape index (κ3) is 4.82. The van der Waals surface area contributed by atoms with E-state index < -0.39 is 9.52 Å². The maximum absolute atomic E-state index is 2.51.